The number of benzene rings is 1. The molecule has 2 saturated heterocycles. The van der Waals surface area contributed by atoms with E-state index in [9.17, 15) is 9.59 Å². The lowest BCUT2D eigenvalue weighted by Gasteiger charge is -2.36. The lowest BCUT2D eigenvalue weighted by Crippen LogP contribution is -2.51. The second-order valence-corrected chi connectivity index (χ2v) is 11.1. The molecule has 2 aliphatic rings. The number of carbonyl (C=O) groups excluding carboxylic acids is 2. The molecular weight excluding hydrogens is 556 g/mol. The number of piperazine rings is 1. The van der Waals surface area contributed by atoms with Crippen molar-refractivity contribution in [2.24, 2.45) is 5.92 Å². The van der Waals surface area contributed by atoms with Crippen LogP contribution in [0.4, 0.5) is 11.5 Å². The highest BCUT2D eigenvalue weighted by molar-refractivity contribution is 5.99. The number of nitrogens with zero attached hydrogens (tertiary/aromatic N) is 8. The minimum Gasteiger partial charge on any atom is -0.353 e. The van der Waals surface area contributed by atoms with E-state index in [0.717, 1.165) is 65.3 Å². The third-order valence-electron chi connectivity index (χ3n) is 8.31. The molecule has 0 saturated carbocycles. The predicted octanol–water partition coefficient (Wildman–Crippen LogP) is 3.09. The monoisotopic (exact) mass is 588 g/mol. The minimum atomic E-state index is -0.172. The molecule has 2 fully saturated rings. The molecule has 1 atom stereocenters. The molecule has 2 aliphatic heterocycles. The number of rotatable bonds is 7. The van der Waals surface area contributed by atoms with Crippen LogP contribution in [0.5, 0.6) is 0 Å². The number of H-pyrrole nitrogens is 1. The molecule has 0 radical (unpaired) electrons. The number of anilines is 2. The van der Waals surface area contributed by atoms with Crippen LogP contribution in [0.1, 0.15) is 6.42 Å². The Morgan fingerprint density at radius 2 is 1.70 bits per heavy atom. The van der Waals surface area contributed by atoms with Gasteiger partial charge in [0.25, 0.3) is 0 Å². The maximum Gasteiger partial charge on any atom is 0.236 e. The lowest BCUT2D eigenvalue weighted by molar-refractivity contribution is -0.132. The van der Waals surface area contributed by atoms with Crippen LogP contribution < -0.4 is 10.2 Å². The molecule has 44 heavy (non-hydrogen) atoms. The van der Waals surface area contributed by atoms with Crippen molar-refractivity contribution in [1.82, 2.24) is 39.9 Å². The van der Waals surface area contributed by atoms with Crippen molar-refractivity contribution in [3.63, 3.8) is 0 Å². The first kappa shape index (κ1) is 27.6. The number of hydrogen-bond acceptors (Lipinski definition) is 9. The molecule has 4 aromatic heterocycles. The highest BCUT2D eigenvalue weighted by atomic mass is 16.2. The summed E-state index contributed by atoms with van der Waals surface area (Å²) >= 11 is 0. The van der Waals surface area contributed by atoms with E-state index in [0.29, 0.717) is 32.0 Å². The zero-order valence-electron chi connectivity index (χ0n) is 24.1. The molecule has 222 valence electrons. The number of aromatic nitrogens is 6. The SMILES string of the molecule is O=C(Nc1ccc2[nH]nc(-c3ccncc3)c2c1)[C@@H]1CCN(CC(=O)N2CCN(c3ccc(-c4ncccn4)cn3)CC2)C1. The molecule has 12 nitrogen and oxygen atoms in total. The molecule has 0 spiro atoms. The second-order valence-electron chi connectivity index (χ2n) is 11.1. The maximum absolute atomic E-state index is 13.2. The fraction of sp³-hybridized carbons (Fsp3) is 0.281. The summed E-state index contributed by atoms with van der Waals surface area (Å²) in [6.07, 6.45) is 9.41. The zero-order chi connectivity index (χ0) is 29.9. The van der Waals surface area contributed by atoms with Gasteiger partial charge in [-0.25, -0.2) is 15.0 Å². The molecule has 12 heteroatoms. The third kappa shape index (κ3) is 5.84. The van der Waals surface area contributed by atoms with Gasteiger partial charge in [-0.05, 0) is 61.5 Å². The molecule has 2 N–H and O–H groups in total. The van der Waals surface area contributed by atoms with Gasteiger partial charge in [-0.1, -0.05) is 0 Å². The molecule has 1 aromatic carbocycles. The topological polar surface area (TPSA) is 136 Å². The highest BCUT2D eigenvalue weighted by Gasteiger charge is 2.31. The lowest BCUT2D eigenvalue weighted by atomic mass is 10.1. The molecule has 0 aliphatic carbocycles. The van der Waals surface area contributed by atoms with Crippen molar-refractivity contribution in [3.8, 4) is 22.6 Å². The van der Waals surface area contributed by atoms with Gasteiger partial charge in [0.05, 0.1) is 18.0 Å². The number of hydrogen-bond donors (Lipinski definition) is 2. The summed E-state index contributed by atoms with van der Waals surface area (Å²) in [6.45, 7) is 4.32. The van der Waals surface area contributed by atoms with Gasteiger partial charge in [0, 0.05) is 85.9 Å². The number of amides is 2. The largest absolute Gasteiger partial charge is 0.353 e. The van der Waals surface area contributed by atoms with Crippen LogP contribution in [0, 0.1) is 5.92 Å². The van der Waals surface area contributed by atoms with Gasteiger partial charge >= 0.3 is 0 Å². The molecule has 0 bridgehead atoms. The smallest absolute Gasteiger partial charge is 0.236 e. The highest BCUT2D eigenvalue weighted by Crippen LogP contribution is 2.29. The number of likely N-dealkylation sites (tertiary alicyclic amines) is 1. The summed E-state index contributed by atoms with van der Waals surface area (Å²) in [4.78, 5) is 49.7. The fourth-order valence-electron chi connectivity index (χ4n) is 5.89. The van der Waals surface area contributed by atoms with E-state index in [1.807, 2.05) is 47.4 Å². The van der Waals surface area contributed by atoms with Crippen LogP contribution in [0.15, 0.2) is 79.5 Å². The Kier molecular flexibility index (Phi) is 7.63. The van der Waals surface area contributed by atoms with Crippen LogP contribution >= 0.6 is 0 Å². The van der Waals surface area contributed by atoms with Crippen LogP contribution in [0.25, 0.3) is 33.5 Å². The van der Waals surface area contributed by atoms with Gasteiger partial charge in [0.2, 0.25) is 11.8 Å². The van der Waals surface area contributed by atoms with Crippen molar-refractivity contribution >= 4 is 34.2 Å². The van der Waals surface area contributed by atoms with E-state index in [1.165, 1.54) is 0 Å². The summed E-state index contributed by atoms with van der Waals surface area (Å²) in [6, 6.07) is 15.3. The normalized spacial score (nSPS) is 17.2. The van der Waals surface area contributed by atoms with E-state index in [2.05, 4.69) is 45.2 Å². The molecule has 5 aromatic rings. The standard InChI is InChI=1S/C32H32N10O2/c43-29(42-16-14-41(15-17-42)28-5-2-23(19-36-28)31-34-9-1-10-35-31)21-40-13-8-24(20-40)32(44)37-25-3-4-27-26(18-25)30(39-38-27)22-6-11-33-12-7-22/h1-7,9-12,18-19,24H,8,13-17,20-21H2,(H,37,44)(H,38,39)/t24-/m1/s1. The van der Waals surface area contributed by atoms with Crippen molar-refractivity contribution < 1.29 is 9.59 Å². The summed E-state index contributed by atoms with van der Waals surface area (Å²) in [5.74, 6) is 1.43. The summed E-state index contributed by atoms with van der Waals surface area (Å²) < 4.78 is 0. The van der Waals surface area contributed by atoms with Gasteiger partial charge in [0.1, 0.15) is 11.5 Å². The molecule has 7 rings (SSSR count). The predicted molar refractivity (Wildman–Crippen MR) is 167 cm³/mol. The van der Waals surface area contributed by atoms with Crippen molar-refractivity contribution in [2.75, 3.05) is 56.0 Å². The Morgan fingerprint density at radius 1 is 0.886 bits per heavy atom. The average Bonchev–Trinajstić information content (AvgIpc) is 3.73. The Bertz CT molecular complexity index is 1750. The number of carbonyl (C=O) groups is 2. The van der Waals surface area contributed by atoms with E-state index in [-0.39, 0.29) is 17.7 Å². The first-order valence-electron chi connectivity index (χ1n) is 14.8. The first-order valence-corrected chi connectivity index (χ1v) is 14.8. The van der Waals surface area contributed by atoms with E-state index < -0.39 is 0 Å². The van der Waals surface area contributed by atoms with Gasteiger partial charge in [-0.15, -0.1) is 0 Å². The summed E-state index contributed by atoms with van der Waals surface area (Å²) in [5, 5.41) is 11.5. The van der Waals surface area contributed by atoms with Crippen molar-refractivity contribution in [1.29, 1.82) is 0 Å². The first-order chi connectivity index (χ1) is 21.6. The van der Waals surface area contributed by atoms with E-state index in [1.54, 1.807) is 37.1 Å². The zero-order valence-corrected chi connectivity index (χ0v) is 24.1. The summed E-state index contributed by atoms with van der Waals surface area (Å²) in [7, 11) is 0. The van der Waals surface area contributed by atoms with Crippen LogP contribution in [0.3, 0.4) is 0 Å². The third-order valence-corrected chi connectivity index (χ3v) is 8.31. The number of aromatic amines is 1. The van der Waals surface area contributed by atoms with Crippen LogP contribution in [0.2, 0.25) is 0 Å². The van der Waals surface area contributed by atoms with Crippen molar-refractivity contribution in [2.45, 2.75) is 6.42 Å². The fourth-order valence-corrected chi connectivity index (χ4v) is 5.89. The molecule has 6 heterocycles. The minimum absolute atomic E-state index is 0.0285. The number of nitrogens with one attached hydrogen (secondary N) is 2. The van der Waals surface area contributed by atoms with Gasteiger partial charge < -0.3 is 15.1 Å². The molecule has 0 unspecified atom stereocenters. The Balaban J connectivity index is 0.897. The van der Waals surface area contributed by atoms with Gasteiger partial charge in [0.15, 0.2) is 5.82 Å². The van der Waals surface area contributed by atoms with E-state index in [4.69, 9.17) is 0 Å². The summed E-state index contributed by atoms with van der Waals surface area (Å²) in [5.41, 5.74) is 4.27. The number of fused-ring (bicyclic) bond motifs is 1. The Hall–Kier alpha value is -5.23. The van der Waals surface area contributed by atoms with Gasteiger partial charge in [-0.2, -0.15) is 5.10 Å². The van der Waals surface area contributed by atoms with Crippen molar-refractivity contribution in [3.05, 3.63) is 79.5 Å². The molecule has 2 amide bonds. The molecular formula is C32H32N10O2. The van der Waals surface area contributed by atoms with Crippen LogP contribution in [-0.2, 0) is 9.59 Å². The second kappa shape index (κ2) is 12.2. The van der Waals surface area contributed by atoms with Gasteiger partial charge in [-0.3, -0.25) is 24.6 Å². The van der Waals surface area contributed by atoms with E-state index >= 15 is 0 Å². The quantitative estimate of drug-likeness (QED) is 0.294. The van der Waals surface area contributed by atoms with Crippen LogP contribution in [-0.4, -0.2) is 97.6 Å². The number of pyridine rings is 2. The maximum atomic E-state index is 13.2. The average molecular weight is 589 g/mol. The Morgan fingerprint density at radius 3 is 2.48 bits per heavy atom. The Labute approximate surface area is 254 Å².